The van der Waals surface area contributed by atoms with Crippen molar-refractivity contribution >= 4 is 23.5 Å². The van der Waals surface area contributed by atoms with Crippen molar-refractivity contribution in [1.29, 1.82) is 0 Å². The Labute approximate surface area is 134 Å². The Morgan fingerprint density at radius 3 is 2.50 bits per heavy atom. The highest BCUT2D eigenvalue weighted by molar-refractivity contribution is 7.80. The lowest BCUT2D eigenvalue weighted by Crippen LogP contribution is -2.28. The molecule has 0 aromatic heterocycles. The van der Waals surface area contributed by atoms with Crippen LogP contribution in [-0.4, -0.2) is 18.4 Å². The first-order valence-corrected chi connectivity index (χ1v) is 7.06. The molecule has 0 unspecified atom stereocenters. The highest BCUT2D eigenvalue weighted by Crippen LogP contribution is 2.13. The van der Waals surface area contributed by atoms with E-state index in [9.17, 15) is 4.39 Å². The molecule has 114 valence electrons. The van der Waals surface area contributed by atoms with Crippen molar-refractivity contribution in [2.45, 2.75) is 6.61 Å². The fourth-order valence-corrected chi connectivity index (χ4v) is 1.67. The van der Waals surface area contributed by atoms with Gasteiger partial charge in [0.1, 0.15) is 18.2 Å². The van der Waals surface area contributed by atoms with Gasteiger partial charge < -0.3 is 10.1 Å². The van der Waals surface area contributed by atoms with Gasteiger partial charge in [0.25, 0.3) is 0 Å². The number of hydrogen-bond donors (Lipinski definition) is 2. The number of nitrogens with zero attached hydrogens (tertiary/aromatic N) is 1. The van der Waals surface area contributed by atoms with Crippen LogP contribution in [0.3, 0.4) is 0 Å². The number of halogens is 1. The highest BCUT2D eigenvalue weighted by Gasteiger charge is 1.97. The molecule has 0 aliphatic carbocycles. The first kappa shape index (κ1) is 15.9. The van der Waals surface area contributed by atoms with Crippen LogP contribution in [0.15, 0.2) is 53.6 Å². The third-order valence-corrected chi connectivity index (χ3v) is 3.10. The number of ether oxygens (including phenoxy) is 1. The molecular formula is C16H16FN3OS. The van der Waals surface area contributed by atoms with Crippen LogP contribution >= 0.6 is 12.2 Å². The van der Waals surface area contributed by atoms with Crippen molar-refractivity contribution in [3.05, 3.63) is 65.5 Å². The summed E-state index contributed by atoms with van der Waals surface area (Å²) in [6, 6.07) is 13.7. The maximum Gasteiger partial charge on any atom is 0.186 e. The van der Waals surface area contributed by atoms with E-state index >= 15 is 0 Å². The Balaban J connectivity index is 1.86. The summed E-state index contributed by atoms with van der Waals surface area (Å²) in [5.74, 6) is 0.485. The zero-order chi connectivity index (χ0) is 15.8. The zero-order valence-corrected chi connectivity index (χ0v) is 12.9. The van der Waals surface area contributed by atoms with Crippen LogP contribution < -0.4 is 15.5 Å². The van der Waals surface area contributed by atoms with E-state index < -0.39 is 0 Å². The third-order valence-electron chi connectivity index (χ3n) is 2.81. The molecule has 2 aromatic rings. The van der Waals surface area contributed by atoms with Crippen molar-refractivity contribution in [2.75, 3.05) is 7.05 Å². The molecule has 0 heterocycles. The Bertz CT molecular complexity index is 641. The molecule has 0 atom stereocenters. The molecule has 0 amide bonds. The van der Waals surface area contributed by atoms with E-state index in [0.717, 1.165) is 16.9 Å². The van der Waals surface area contributed by atoms with Gasteiger partial charge >= 0.3 is 0 Å². The molecule has 0 saturated heterocycles. The Hall–Kier alpha value is -2.47. The van der Waals surface area contributed by atoms with E-state index in [0.29, 0.717) is 11.7 Å². The second-order valence-corrected chi connectivity index (χ2v) is 4.84. The van der Waals surface area contributed by atoms with Gasteiger partial charge in [0.05, 0.1) is 6.21 Å². The summed E-state index contributed by atoms with van der Waals surface area (Å²) in [4.78, 5) is 0. The maximum absolute atomic E-state index is 12.8. The number of hydrazone groups is 1. The van der Waals surface area contributed by atoms with Crippen LogP contribution in [0.5, 0.6) is 5.75 Å². The molecule has 0 aliphatic heterocycles. The number of nitrogens with one attached hydrogen (secondary N) is 2. The minimum Gasteiger partial charge on any atom is -0.489 e. The van der Waals surface area contributed by atoms with Gasteiger partial charge in [0.2, 0.25) is 0 Å². The minimum absolute atomic E-state index is 0.251. The molecule has 6 heteroatoms. The fraction of sp³-hybridized carbons (Fsp3) is 0.125. The van der Waals surface area contributed by atoms with Crippen LogP contribution in [0.2, 0.25) is 0 Å². The summed E-state index contributed by atoms with van der Waals surface area (Å²) < 4.78 is 18.4. The predicted molar refractivity (Wildman–Crippen MR) is 89.6 cm³/mol. The second kappa shape index (κ2) is 8.09. The third kappa shape index (κ3) is 5.14. The molecule has 0 bridgehead atoms. The summed E-state index contributed by atoms with van der Waals surface area (Å²) in [5.41, 5.74) is 4.51. The van der Waals surface area contributed by atoms with Gasteiger partial charge in [-0.1, -0.05) is 12.1 Å². The number of thiocarbonyl (C=S) groups is 1. The van der Waals surface area contributed by atoms with Crippen molar-refractivity contribution in [3.8, 4) is 5.75 Å². The molecule has 0 radical (unpaired) electrons. The molecule has 2 N–H and O–H groups in total. The van der Waals surface area contributed by atoms with E-state index in [-0.39, 0.29) is 5.82 Å². The van der Waals surface area contributed by atoms with Crippen LogP contribution in [0.1, 0.15) is 11.1 Å². The molecule has 2 rings (SSSR count). The summed E-state index contributed by atoms with van der Waals surface area (Å²) in [6.45, 7) is 0.395. The lowest BCUT2D eigenvalue weighted by molar-refractivity contribution is 0.306. The quantitative estimate of drug-likeness (QED) is 0.506. The van der Waals surface area contributed by atoms with Crippen molar-refractivity contribution < 1.29 is 9.13 Å². The number of rotatable bonds is 5. The van der Waals surface area contributed by atoms with Gasteiger partial charge in [-0.2, -0.15) is 5.10 Å². The molecular weight excluding hydrogens is 301 g/mol. The predicted octanol–water partition coefficient (Wildman–Crippen LogP) is 2.83. The van der Waals surface area contributed by atoms with E-state index in [4.69, 9.17) is 17.0 Å². The lowest BCUT2D eigenvalue weighted by atomic mass is 10.2. The van der Waals surface area contributed by atoms with Gasteiger partial charge in [-0.05, 0) is 59.7 Å². The molecule has 4 nitrogen and oxygen atoms in total. The van der Waals surface area contributed by atoms with Gasteiger partial charge in [-0.3, -0.25) is 5.43 Å². The van der Waals surface area contributed by atoms with E-state index in [1.54, 1.807) is 25.4 Å². The van der Waals surface area contributed by atoms with E-state index in [2.05, 4.69) is 15.8 Å². The molecule has 0 aliphatic rings. The second-order valence-electron chi connectivity index (χ2n) is 4.43. The number of hydrogen-bond acceptors (Lipinski definition) is 3. The molecule has 22 heavy (non-hydrogen) atoms. The van der Waals surface area contributed by atoms with Crippen LogP contribution in [0.4, 0.5) is 4.39 Å². The Morgan fingerprint density at radius 1 is 1.18 bits per heavy atom. The Morgan fingerprint density at radius 2 is 1.86 bits per heavy atom. The topological polar surface area (TPSA) is 45.7 Å². The maximum atomic E-state index is 12.8. The van der Waals surface area contributed by atoms with Gasteiger partial charge in [-0.15, -0.1) is 0 Å². The van der Waals surface area contributed by atoms with Crippen LogP contribution in [0.25, 0.3) is 0 Å². The van der Waals surface area contributed by atoms with E-state index in [1.807, 2.05) is 24.3 Å². The first-order valence-electron chi connectivity index (χ1n) is 6.65. The average Bonchev–Trinajstić information content (AvgIpc) is 2.55. The number of benzene rings is 2. The minimum atomic E-state index is -0.251. The lowest BCUT2D eigenvalue weighted by Gasteiger charge is -2.06. The van der Waals surface area contributed by atoms with Gasteiger partial charge in [-0.25, -0.2) is 4.39 Å². The summed E-state index contributed by atoms with van der Waals surface area (Å²) in [7, 11) is 1.72. The molecule has 2 aromatic carbocycles. The fourth-order valence-electron chi connectivity index (χ4n) is 1.62. The zero-order valence-electron chi connectivity index (χ0n) is 12.0. The first-order chi connectivity index (χ1) is 10.7. The van der Waals surface area contributed by atoms with Gasteiger partial charge in [0.15, 0.2) is 5.11 Å². The normalized spacial score (nSPS) is 10.5. The molecule has 0 spiro atoms. The summed E-state index contributed by atoms with van der Waals surface area (Å²) in [5, 5.41) is 7.20. The SMILES string of the molecule is CNC(=S)N/N=C/c1ccc(OCc2ccc(F)cc2)cc1. The summed E-state index contributed by atoms with van der Waals surface area (Å²) in [6.07, 6.45) is 1.66. The average molecular weight is 317 g/mol. The largest absolute Gasteiger partial charge is 0.489 e. The molecule has 0 saturated carbocycles. The highest BCUT2D eigenvalue weighted by atomic mass is 32.1. The smallest absolute Gasteiger partial charge is 0.186 e. The Kier molecular flexibility index (Phi) is 5.85. The van der Waals surface area contributed by atoms with E-state index in [1.165, 1.54) is 12.1 Å². The summed E-state index contributed by atoms with van der Waals surface area (Å²) >= 11 is 4.90. The van der Waals surface area contributed by atoms with Crippen molar-refractivity contribution in [1.82, 2.24) is 10.7 Å². The van der Waals surface area contributed by atoms with Crippen molar-refractivity contribution in [3.63, 3.8) is 0 Å². The van der Waals surface area contributed by atoms with Gasteiger partial charge in [0, 0.05) is 7.05 Å². The van der Waals surface area contributed by atoms with Crippen molar-refractivity contribution in [2.24, 2.45) is 5.10 Å². The van der Waals surface area contributed by atoms with Crippen LogP contribution in [-0.2, 0) is 6.61 Å². The standard InChI is InChI=1S/C16H16FN3OS/c1-18-16(22)20-19-10-12-4-8-15(9-5-12)21-11-13-2-6-14(17)7-3-13/h2-10H,11H2,1H3,(H2,18,20,22)/b19-10+. The van der Waals surface area contributed by atoms with Crippen LogP contribution in [0, 0.1) is 5.82 Å². The monoisotopic (exact) mass is 317 g/mol. The molecule has 0 fully saturated rings.